The molecule has 0 unspecified atom stereocenters. The molecule has 0 aliphatic heterocycles. The molecule has 2 aromatic carbocycles. The molecule has 3 rings (SSSR count). The first kappa shape index (κ1) is 16.8. The molecule has 0 atom stereocenters. The Hall–Kier alpha value is -3.09. The summed E-state index contributed by atoms with van der Waals surface area (Å²) in [6.45, 7) is 0. The summed E-state index contributed by atoms with van der Waals surface area (Å²) in [5.74, 6) is 0.160. The van der Waals surface area contributed by atoms with Crippen LogP contribution in [0.4, 0.5) is 18.9 Å². The lowest BCUT2D eigenvalue weighted by Gasteiger charge is -2.11. The summed E-state index contributed by atoms with van der Waals surface area (Å²) < 4.78 is 43.8. The Balaban J connectivity index is 1.95. The minimum absolute atomic E-state index is 0.221. The summed E-state index contributed by atoms with van der Waals surface area (Å²) in [6.07, 6.45) is -3.04. The average molecular weight is 346 g/mol. The number of hydrogen-bond acceptors (Lipinski definition) is 3. The van der Waals surface area contributed by atoms with E-state index in [4.69, 9.17) is 4.74 Å². The summed E-state index contributed by atoms with van der Waals surface area (Å²) in [5.41, 5.74) is 0.183. The third-order valence-electron chi connectivity index (χ3n) is 3.67. The normalized spacial score (nSPS) is 11.4. The first-order valence-corrected chi connectivity index (χ1v) is 7.30. The Morgan fingerprint density at radius 3 is 2.44 bits per heavy atom. The summed E-state index contributed by atoms with van der Waals surface area (Å²) in [5, 5.41) is 2.85. The average Bonchev–Trinajstić information content (AvgIpc) is 2.61. The number of rotatable bonds is 3. The molecule has 0 spiro atoms. The van der Waals surface area contributed by atoms with Gasteiger partial charge in [0.2, 0.25) is 0 Å². The van der Waals surface area contributed by atoms with Gasteiger partial charge in [0.1, 0.15) is 5.75 Å². The number of carbonyl (C=O) groups is 1. The molecule has 1 aromatic heterocycles. The van der Waals surface area contributed by atoms with Crippen molar-refractivity contribution in [3.05, 3.63) is 65.9 Å². The van der Waals surface area contributed by atoms with Gasteiger partial charge >= 0.3 is 6.18 Å². The smallest absolute Gasteiger partial charge is 0.416 e. The molecule has 1 N–H and O–H groups in total. The van der Waals surface area contributed by atoms with Crippen LogP contribution < -0.4 is 10.1 Å². The Morgan fingerprint density at radius 2 is 1.80 bits per heavy atom. The van der Waals surface area contributed by atoms with Crippen molar-refractivity contribution in [2.75, 3.05) is 12.4 Å². The molecule has 25 heavy (non-hydrogen) atoms. The van der Waals surface area contributed by atoms with Crippen molar-refractivity contribution in [1.29, 1.82) is 0 Å². The molecule has 4 nitrogen and oxygen atoms in total. The number of pyridine rings is 1. The van der Waals surface area contributed by atoms with Crippen molar-refractivity contribution < 1.29 is 22.7 Å². The fraction of sp³-hybridized carbons (Fsp3) is 0.111. The summed E-state index contributed by atoms with van der Waals surface area (Å²) in [4.78, 5) is 16.4. The lowest BCUT2D eigenvalue weighted by atomic mass is 10.1. The highest BCUT2D eigenvalue weighted by molar-refractivity contribution is 6.08. The molecule has 0 aliphatic rings. The molecule has 0 bridgehead atoms. The van der Waals surface area contributed by atoms with Gasteiger partial charge < -0.3 is 10.1 Å². The van der Waals surface area contributed by atoms with Crippen LogP contribution in [0.5, 0.6) is 5.75 Å². The third kappa shape index (κ3) is 3.55. The van der Waals surface area contributed by atoms with Gasteiger partial charge in [-0.25, -0.2) is 0 Å². The van der Waals surface area contributed by atoms with E-state index in [0.717, 1.165) is 12.1 Å². The van der Waals surface area contributed by atoms with Gasteiger partial charge in [-0.1, -0.05) is 0 Å². The van der Waals surface area contributed by atoms with Crippen LogP contribution in [-0.4, -0.2) is 18.0 Å². The quantitative estimate of drug-likeness (QED) is 0.759. The van der Waals surface area contributed by atoms with E-state index in [9.17, 15) is 18.0 Å². The van der Waals surface area contributed by atoms with Crippen LogP contribution in [0.2, 0.25) is 0 Å². The van der Waals surface area contributed by atoms with Crippen LogP contribution in [-0.2, 0) is 6.18 Å². The van der Waals surface area contributed by atoms with Gasteiger partial charge in [-0.15, -0.1) is 0 Å². The number of nitrogens with one attached hydrogen (secondary N) is 1. The van der Waals surface area contributed by atoms with Crippen molar-refractivity contribution in [1.82, 2.24) is 4.98 Å². The molecule has 128 valence electrons. The topological polar surface area (TPSA) is 51.2 Å². The highest BCUT2D eigenvalue weighted by Crippen LogP contribution is 2.33. The van der Waals surface area contributed by atoms with Gasteiger partial charge in [-0.3, -0.25) is 9.78 Å². The first-order chi connectivity index (χ1) is 11.9. The number of benzene rings is 2. The van der Waals surface area contributed by atoms with Gasteiger partial charge in [0.25, 0.3) is 5.91 Å². The molecule has 0 fully saturated rings. The second kappa shape index (κ2) is 6.43. The van der Waals surface area contributed by atoms with Crippen molar-refractivity contribution >= 4 is 22.5 Å². The van der Waals surface area contributed by atoms with Gasteiger partial charge in [-0.2, -0.15) is 13.2 Å². The number of ether oxygens (including phenoxy) is 1. The number of alkyl halides is 3. The number of fused-ring (bicyclic) bond motifs is 1. The molecule has 1 heterocycles. The Bertz CT molecular complexity index is 922. The zero-order valence-corrected chi connectivity index (χ0v) is 13.1. The molecule has 0 radical (unpaired) electrons. The molecule has 0 saturated carbocycles. The van der Waals surface area contributed by atoms with E-state index in [-0.39, 0.29) is 11.1 Å². The van der Waals surface area contributed by atoms with E-state index < -0.39 is 17.6 Å². The monoisotopic (exact) mass is 346 g/mol. The summed E-state index contributed by atoms with van der Waals surface area (Å²) in [7, 11) is 1.51. The molecule has 0 aliphatic carbocycles. The number of hydrogen-bond donors (Lipinski definition) is 1. The van der Waals surface area contributed by atoms with Crippen LogP contribution in [0.1, 0.15) is 15.9 Å². The highest BCUT2D eigenvalue weighted by Gasteiger charge is 2.30. The number of aromatic nitrogens is 1. The number of amides is 1. The van der Waals surface area contributed by atoms with Crippen LogP contribution in [0.25, 0.3) is 10.9 Å². The van der Waals surface area contributed by atoms with E-state index in [1.54, 1.807) is 24.3 Å². The maximum atomic E-state index is 12.9. The van der Waals surface area contributed by atoms with E-state index in [1.807, 2.05) is 0 Å². The van der Waals surface area contributed by atoms with Gasteiger partial charge in [0.05, 0.1) is 23.9 Å². The van der Waals surface area contributed by atoms with E-state index in [1.165, 1.54) is 25.4 Å². The van der Waals surface area contributed by atoms with E-state index >= 15 is 0 Å². The number of nitrogens with zero attached hydrogens (tertiary/aromatic N) is 1. The van der Waals surface area contributed by atoms with Crippen molar-refractivity contribution in [3.8, 4) is 5.75 Å². The predicted octanol–water partition coefficient (Wildman–Crippen LogP) is 4.51. The lowest BCUT2D eigenvalue weighted by Crippen LogP contribution is -2.12. The fourth-order valence-electron chi connectivity index (χ4n) is 2.37. The zero-order chi connectivity index (χ0) is 18.0. The molecule has 7 heteroatoms. The summed E-state index contributed by atoms with van der Waals surface area (Å²) >= 11 is 0. The van der Waals surface area contributed by atoms with Crippen LogP contribution in [0.3, 0.4) is 0 Å². The number of anilines is 1. The zero-order valence-electron chi connectivity index (χ0n) is 13.1. The van der Waals surface area contributed by atoms with Crippen LogP contribution in [0, 0.1) is 0 Å². The minimum atomic E-state index is -4.47. The predicted molar refractivity (Wildman–Crippen MR) is 87.7 cm³/mol. The van der Waals surface area contributed by atoms with Crippen molar-refractivity contribution in [2.24, 2.45) is 0 Å². The molecule has 3 aromatic rings. The van der Waals surface area contributed by atoms with Crippen molar-refractivity contribution in [2.45, 2.75) is 6.18 Å². The number of carbonyl (C=O) groups excluding carboxylic acids is 1. The van der Waals surface area contributed by atoms with Gasteiger partial charge in [0, 0.05) is 17.1 Å². The molecule has 1 amide bonds. The summed E-state index contributed by atoms with van der Waals surface area (Å²) in [6, 6.07) is 11.1. The Kier molecular flexibility index (Phi) is 4.31. The van der Waals surface area contributed by atoms with Gasteiger partial charge in [0.15, 0.2) is 0 Å². The third-order valence-corrected chi connectivity index (χ3v) is 3.67. The maximum absolute atomic E-state index is 12.9. The number of halogens is 3. The number of methoxy groups -OCH3 is 1. The maximum Gasteiger partial charge on any atom is 0.416 e. The Morgan fingerprint density at radius 1 is 1.08 bits per heavy atom. The van der Waals surface area contributed by atoms with E-state index in [0.29, 0.717) is 16.8 Å². The first-order valence-electron chi connectivity index (χ1n) is 7.30. The molecule has 0 saturated heterocycles. The lowest BCUT2D eigenvalue weighted by molar-refractivity contribution is -0.137. The standard InChI is InChI=1S/C18H13F3N2O2/c1-25-13-5-2-11(3-6-13)17(24)23-16-8-9-22-15-7-4-12(10-14(15)16)18(19,20)21/h2-10H,1H3,(H,22,23,24). The van der Waals surface area contributed by atoms with Crippen molar-refractivity contribution in [3.63, 3.8) is 0 Å². The highest BCUT2D eigenvalue weighted by atomic mass is 19.4. The van der Waals surface area contributed by atoms with E-state index in [2.05, 4.69) is 10.3 Å². The van der Waals surface area contributed by atoms with Gasteiger partial charge in [-0.05, 0) is 48.5 Å². The minimum Gasteiger partial charge on any atom is -0.497 e. The fourth-order valence-corrected chi connectivity index (χ4v) is 2.37. The SMILES string of the molecule is COc1ccc(C(=O)Nc2ccnc3ccc(C(F)(F)F)cc23)cc1. The van der Waals surface area contributed by atoms with Crippen LogP contribution >= 0.6 is 0 Å². The van der Waals surface area contributed by atoms with Crippen LogP contribution in [0.15, 0.2) is 54.7 Å². The molecular formula is C18H13F3N2O2. The Labute approximate surface area is 141 Å². The second-order valence-electron chi connectivity index (χ2n) is 5.27. The largest absolute Gasteiger partial charge is 0.497 e. The second-order valence-corrected chi connectivity index (χ2v) is 5.27. The molecular weight excluding hydrogens is 333 g/mol.